The Morgan fingerprint density at radius 2 is 2.00 bits per heavy atom. The van der Waals surface area contributed by atoms with Gasteiger partial charge in [0.1, 0.15) is 17.9 Å². The zero-order valence-corrected chi connectivity index (χ0v) is 27.7. The maximum Gasteiger partial charge on any atom is 0.247 e. The van der Waals surface area contributed by atoms with Gasteiger partial charge in [-0.3, -0.25) is 14.5 Å². The van der Waals surface area contributed by atoms with Gasteiger partial charge in [-0.1, -0.05) is 30.3 Å². The Balaban J connectivity index is 1.10. The van der Waals surface area contributed by atoms with Gasteiger partial charge in [0.2, 0.25) is 5.91 Å². The fourth-order valence-corrected chi connectivity index (χ4v) is 7.64. The SMILES string of the molecule is C=CC(=O)Nc1cc(Nc2cc(N3OCC[C@@H]3Cc3cccc(Cl)c3C)ncn2)c(OC)cc1N1CCC(N2C[C@@H]3C[C@H]2CO3)CC1. The van der Waals surface area contributed by atoms with Crippen molar-refractivity contribution >= 4 is 46.2 Å². The van der Waals surface area contributed by atoms with Crippen LogP contribution in [0.4, 0.5) is 28.7 Å². The molecule has 7 rings (SSSR count). The first-order valence-corrected chi connectivity index (χ1v) is 16.8. The Morgan fingerprint density at radius 1 is 1.15 bits per heavy atom. The van der Waals surface area contributed by atoms with Crippen molar-refractivity contribution in [1.82, 2.24) is 14.9 Å². The number of fused-ring (bicyclic) bond motifs is 2. The lowest BCUT2D eigenvalue weighted by atomic mass is 9.99. The molecule has 0 saturated carbocycles. The molecule has 1 aromatic heterocycles. The standard InChI is InChI=1S/C35H42ClN7O4/c1-4-35(44)40-29-16-30(32(45-3)17-31(29)41-11-8-24(9-12-41)42-19-27-15-26(42)20-46-27)39-33-18-34(38-21-37-33)43-25(10-13-47-43)14-23-6-5-7-28(36)22(23)2/h4-7,16-18,21,24-27H,1,8-15,19-20H2,2-3H3,(H,40,44)(H,37,38,39)/t25-,26+,27+/m1/s1. The quantitative estimate of drug-likeness (QED) is 0.271. The van der Waals surface area contributed by atoms with Crippen molar-refractivity contribution in [1.29, 1.82) is 0 Å². The Kier molecular flexibility index (Phi) is 9.22. The zero-order valence-electron chi connectivity index (χ0n) is 27.0. The van der Waals surface area contributed by atoms with E-state index in [1.54, 1.807) is 7.11 Å². The molecule has 0 radical (unpaired) electrons. The number of carbonyl (C=O) groups is 1. The Bertz CT molecular complexity index is 1630. The van der Waals surface area contributed by atoms with Crippen LogP contribution in [0, 0.1) is 6.92 Å². The number of hydrogen-bond donors (Lipinski definition) is 2. The van der Waals surface area contributed by atoms with E-state index in [-0.39, 0.29) is 11.9 Å². The molecule has 3 aromatic rings. The summed E-state index contributed by atoms with van der Waals surface area (Å²) in [6.45, 7) is 9.97. The number of nitrogens with zero attached hydrogens (tertiary/aromatic N) is 5. The Morgan fingerprint density at radius 3 is 2.74 bits per heavy atom. The molecule has 4 aliphatic rings. The molecule has 12 heteroatoms. The normalized spacial score (nSPS) is 22.9. The van der Waals surface area contributed by atoms with Gasteiger partial charge >= 0.3 is 0 Å². The third kappa shape index (κ3) is 6.62. The third-order valence-electron chi connectivity index (χ3n) is 9.97. The van der Waals surface area contributed by atoms with Crippen LogP contribution in [0.3, 0.4) is 0 Å². The number of piperidine rings is 1. The summed E-state index contributed by atoms with van der Waals surface area (Å²) in [5, 5.41) is 9.06. The van der Waals surface area contributed by atoms with Crippen LogP contribution in [0.5, 0.6) is 5.75 Å². The van der Waals surface area contributed by atoms with E-state index in [2.05, 4.69) is 43.0 Å². The molecule has 3 atom stereocenters. The van der Waals surface area contributed by atoms with Crippen LogP contribution in [-0.2, 0) is 20.8 Å². The highest BCUT2D eigenvalue weighted by molar-refractivity contribution is 6.31. The monoisotopic (exact) mass is 659 g/mol. The molecule has 0 aliphatic carbocycles. The fraction of sp³-hybridized carbons (Fsp3) is 0.457. The zero-order chi connectivity index (χ0) is 32.5. The number of aromatic nitrogens is 2. The number of likely N-dealkylation sites (tertiary alicyclic amines) is 1. The van der Waals surface area contributed by atoms with Crippen molar-refractivity contribution in [2.24, 2.45) is 0 Å². The molecule has 4 fully saturated rings. The average molecular weight is 660 g/mol. The number of halogens is 1. The van der Waals surface area contributed by atoms with Crippen molar-refractivity contribution in [3.05, 3.63) is 71.5 Å². The molecular formula is C35H42ClN7O4. The van der Waals surface area contributed by atoms with Gasteiger partial charge in [0.25, 0.3) is 0 Å². The number of hydroxylamine groups is 1. The lowest BCUT2D eigenvalue weighted by molar-refractivity contribution is -0.111. The molecule has 4 saturated heterocycles. The lowest BCUT2D eigenvalue weighted by Gasteiger charge is -2.41. The van der Waals surface area contributed by atoms with E-state index in [0.717, 1.165) is 74.6 Å². The van der Waals surface area contributed by atoms with E-state index < -0.39 is 0 Å². The number of anilines is 5. The largest absolute Gasteiger partial charge is 0.494 e. The molecule has 0 spiro atoms. The van der Waals surface area contributed by atoms with Crippen molar-refractivity contribution < 1.29 is 19.1 Å². The summed E-state index contributed by atoms with van der Waals surface area (Å²) < 4.78 is 11.7. The summed E-state index contributed by atoms with van der Waals surface area (Å²) in [5.41, 5.74) is 4.53. The van der Waals surface area contributed by atoms with E-state index >= 15 is 0 Å². The predicted octanol–water partition coefficient (Wildman–Crippen LogP) is 5.51. The van der Waals surface area contributed by atoms with Crippen molar-refractivity contribution in [3.8, 4) is 5.75 Å². The summed E-state index contributed by atoms with van der Waals surface area (Å²) >= 11 is 6.40. The summed E-state index contributed by atoms with van der Waals surface area (Å²) in [6, 6.07) is 13.0. The average Bonchev–Trinajstić information content (AvgIpc) is 3.86. The minimum Gasteiger partial charge on any atom is -0.494 e. The van der Waals surface area contributed by atoms with Crippen LogP contribution >= 0.6 is 11.6 Å². The highest BCUT2D eigenvalue weighted by Gasteiger charge is 2.42. The van der Waals surface area contributed by atoms with Crippen molar-refractivity contribution in [3.63, 3.8) is 0 Å². The maximum atomic E-state index is 12.6. The van der Waals surface area contributed by atoms with E-state index in [1.807, 2.05) is 42.3 Å². The first-order valence-electron chi connectivity index (χ1n) is 16.4. The van der Waals surface area contributed by atoms with Gasteiger partial charge in [0.05, 0.1) is 49.5 Å². The van der Waals surface area contributed by atoms with Crippen LogP contribution < -0.4 is 25.3 Å². The lowest BCUT2D eigenvalue weighted by Crippen LogP contribution is -2.49. The number of morpholine rings is 1. The summed E-state index contributed by atoms with van der Waals surface area (Å²) in [6.07, 6.45) is 8.12. The highest BCUT2D eigenvalue weighted by atomic mass is 35.5. The first-order chi connectivity index (χ1) is 22.9. The molecule has 1 amide bonds. The number of carbonyl (C=O) groups excluding carboxylic acids is 1. The van der Waals surface area contributed by atoms with Gasteiger partial charge in [0, 0.05) is 48.9 Å². The third-order valence-corrected chi connectivity index (χ3v) is 10.4. The second-order valence-electron chi connectivity index (χ2n) is 12.7. The van der Waals surface area contributed by atoms with Crippen LogP contribution in [0.25, 0.3) is 0 Å². The molecule has 248 valence electrons. The van der Waals surface area contributed by atoms with E-state index in [0.29, 0.717) is 53.6 Å². The fourth-order valence-electron chi connectivity index (χ4n) is 7.45. The van der Waals surface area contributed by atoms with E-state index in [4.69, 9.17) is 25.9 Å². The molecule has 11 nitrogen and oxygen atoms in total. The van der Waals surface area contributed by atoms with Gasteiger partial charge in [-0.2, -0.15) is 0 Å². The van der Waals surface area contributed by atoms with Gasteiger partial charge in [-0.15, -0.1) is 0 Å². The summed E-state index contributed by atoms with van der Waals surface area (Å²) in [4.78, 5) is 32.6. The second kappa shape index (κ2) is 13.7. The van der Waals surface area contributed by atoms with Crippen molar-refractivity contribution in [2.45, 2.75) is 63.3 Å². The topological polar surface area (TPSA) is 104 Å². The van der Waals surface area contributed by atoms with Gasteiger partial charge in [-0.05, 0) is 68.4 Å². The molecule has 4 aliphatic heterocycles. The van der Waals surface area contributed by atoms with E-state index in [9.17, 15) is 4.79 Å². The minimum atomic E-state index is -0.276. The molecule has 0 unspecified atom stereocenters. The number of hydrogen-bond acceptors (Lipinski definition) is 10. The summed E-state index contributed by atoms with van der Waals surface area (Å²) in [7, 11) is 1.65. The Labute approximate surface area is 280 Å². The molecule has 47 heavy (non-hydrogen) atoms. The predicted molar refractivity (Wildman–Crippen MR) is 184 cm³/mol. The maximum absolute atomic E-state index is 12.6. The number of rotatable bonds is 10. The smallest absolute Gasteiger partial charge is 0.247 e. The van der Waals surface area contributed by atoms with E-state index in [1.165, 1.54) is 18.0 Å². The van der Waals surface area contributed by atoms with Crippen molar-refractivity contribution in [2.75, 3.05) is 60.6 Å². The van der Waals surface area contributed by atoms with Crippen LogP contribution in [-0.4, -0.2) is 85.0 Å². The highest BCUT2D eigenvalue weighted by Crippen LogP contribution is 2.41. The van der Waals surface area contributed by atoms with Crippen LogP contribution in [0.15, 0.2) is 55.4 Å². The van der Waals surface area contributed by atoms with Crippen LogP contribution in [0.2, 0.25) is 5.02 Å². The van der Waals surface area contributed by atoms with Gasteiger partial charge in [0.15, 0.2) is 5.82 Å². The summed E-state index contributed by atoms with van der Waals surface area (Å²) in [5.74, 6) is 1.59. The number of amides is 1. The molecule has 2 N–H and O–H groups in total. The first kappa shape index (κ1) is 31.7. The van der Waals surface area contributed by atoms with Gasteiger partial charge < -0.3 is 25.0 Å². The second-order valence-corrected chi connectivity index (χ2v) is 13.1. The Hall–Kier alpha value is -3.90. The number of benzene rings is 2. The minimum absolute atomic E-state index is 0.0996. The molecule has 2 aromatic carbocycles. The van der Waals surface area contributed by atoms with Gasteiger partial charge in [-0.25, -0.2) is 15.0 Å². The number of ether oxygens (including phenoxy) is 2. The number of methoxy groups -OCH3 is 1. The van der Waals surface area contributed by atoms with Crippen LogP contribution in [0.1, 0.15) is 36.8 Å². The number of nitrogens with one attached hydrogen (secondary N) is 2. The molecule has 2 bridgehead atoms. The molecule has 5 heterocycles. The molecular weight excluding hydrogens is 618 g/mol.